The Morgan fingerprint density at radius 2 is 1.96 bits per heavy atom. The molecule has 0 aliphatic heterocycles. The molecule has 0 spiro atoms. The van der Waals surface area contributed by atoms with E-state index in [4.69, 9.17) is 9.47 Å². The molecule has 1 aromatic carbocycles. The maximum absolute atomic E-state index is 12.9. The molecule has 0 bridgehead atoms. The summed E-state index contributed by atoms with van der Waals surface area (Å²) < 4.78 is 11.2. The van der Waals surface area contributed by atoms with Gasteiger partial charge < -0.3 is 9.47 Å². The SMILES string of the molecule is COCCCN=C(C)c1c(CC(=O)OC)[nH]n(-c2ccccc2)c1=O. The third-order valence-corrected chi connectivity index (χ3v) is 3.75. The Morgan fingerprint density at radius 3 is 2.60 bits per heavy atom. The summed E-state index contributed by atoms with van der Waals surface area (Å²) in [5, 5.41) is 3.01. The molecule has 2 rings (SSSR count). The zero-order valence-electron chi connectivity index (χ0n) is 14.7. The number of aromatic nitrogens is 2. The molecule has 0 saturated heterocycles. The number of carbonyl (C=O) groups is 1. The van der Waals surface area contributed by atoms with Crippen molar-refractivity contribution in [1.29, 1.82) is 0 Å². The lowest BCUT2D eigenvalue weighted by molar-refractivity contribution is -0.139. The minimum atomic E-state index is -0.421. The van der Waals surface area contributed by atoms with Crippen LogP contribution in [0.3, 0.4) is 0 Å². The van der Waals surface area contributed by atoms with Gasteiger partial charge in [0.05, 0.1) is 30.5 Å². The normalized spacial score (nSPS) is 11.6. The lowest BCUT2D eigenvalue weighted by atomic mass is 10.1. The van der Waals surface area contributed by atoms with Gasteiger partial charge in [0.25, 0.3) is 5.56 Å². The van der Waals surface area contributed by atoms with Crippen molar-refractivity contribution in [1.82, 2.24) is 9.78 Å². The fraction of sp³-hybridized carbons (Fsp3) is 0.389. The molecular weight excluding hydrogens is 322 g/mol. The summed E-state index contributed by atoms with van der Waals surface area (Å²) in [5.74, 6) is -0.421. The second kappa shape index (κ2) is 8.98. The number of hydrogen-bond acceptors (Lipinski definition) is 5. The number of benzene rings is 1. The summed E-state index contributed by atoms with van der Waals surface area (Å²) in [6.07, 6.45) is 0.739. The molecule has 0 aliphatic carbocycles. The molecule has 0 atom stereocenters. The molecular formula is C18H23N3O4. The van der Waals surface area contributed by atoms with E-state index in [2.05, 4.69) is 10.1 Å². The first-order valence-electron chi connectivity index (χ1n) is 8.05. The fourth-order valence-electron chi connectivity index (χ4n) is 2.49. The minimum absolute atomic E-state index is 0.0220. The molecule has 7 heteroatoms. The molecule has 2 aromatic rings. The molecule has 25 heavy (non-hydrogen) atoms. The van der Waals surface area contributed by atoms with Gasteiger partial charge in [-0.1, -0.05) is 18.2 Å². The Labute approximate surface area is 146 Å². The summed E-state index contributed by atoms with van der Waals surface area (Å²) in [4.78, 5) is 29.0. The number of carbonyl (C=O) groups excluding carboxylic acids is 1. The monoisotopic (exact) mass is 345 g/mol. The van der Waals surface area contributed by atoms with Crippen LogP contribution in [0.4, 0.5) is 0 Å². The van der Waals surface area contributed by atoms with Gasteiger partial charge in [-0.2, -0.15) is 0 Å². The Kier molecular flexibility index (Phi) is 6.71. The van der Waals surface area contributed by atoms with Crippen LogP contribution in [0, 0.1) is 0 Å². The molecule has 0 radical (unpaired) electrons. The summed E-state index contributed by atoms with van der Waals surface area (Å²) in [7, 11) is 2.95. The van der Waals surface area contributed by atoms with Crippen LogP contribution in [0.15, 0.2) is 40.1 Å². The van der Waals surface area contributed by atoms with Gasteiger partial charge >= 0.3 is 5.97 Å². The van der Waals surface area contributed by atoms with Crippen LogP contribution in [0.5, 0.6) is 0 Å². The zero-order valence-corrected chi connectivity index (χ0v) is 14.7. The summed E-state index contributed by atoms with van der Waals surface area (Å²) in [6.45, 7) is 2.92. The van der Waals surface area contributed by atoms with Crippen LogP contribution in [0.1, 0.15) is 24.6 Å². The van der Waals surface area contributed by atoms with Crippen LogP contribution < -0.4 is 5.56 Å². The average molecular weight is 345 g/mol. The molecule has 0 unspecified atom stereocenters. The highest BCUT2D eigenvalue weighted by molar-refractivity contribution is 6.00. The number of para-hydroxylation sites is 1. The quantitative estimate of drug-likeness (QED) is 0.448. The van der Waals surface area contributed by atoms with Crippen molar-refractivity contribution in [2.75, 3.05) is 27.4 Å². The third kappa shape index (κ3) is 4.67. The number of hydrogen-bond donors (Lipinski definition) is 1. The highest BCUT2D eigenvalue weighted by Gasteiger charge is 2.20. The number of nitrogens with one attached hydrogen (secondary N) is 1. The van der Waals surface area contributed by atoms with Gasteiger partial charge in [0.1, 0.15) is 0 Å². The predicted octanol–water partition coefficient (Wildman–Crippen LogP) is 1.73. The largest absolute Gasteiger partial charge is 0.469 e. The maximum atomic E-state index is 12.9. The number of aromatic amines is 1. The van der Waals surface area contributed by atoms with Crippen molar-refractivity contribution in [3.05, 3.63) is 51.9 Å². The molecule has 1 aromatic heterocycles. The first kappa shape index (κ1) is 18.7. The van der Waals surface area contributed by atoms with E-state index in [0.717, 1.165) is 6.42 Å². The van der Waals surface area contributed by atoms with Crippen molar-refractivity contribution in [3.63, 3.8) is 0 Å². The first-order valence-corrected chi connectivity index (χ1v) is 8.05. The lowest BCUT2D eigenvalue weighted by Crippen LogP contribution is -2.20. The Morgan fingerprint density at radius 1 is 1.24 bits per heavy atom. The van der Waals surface area contributed by atoms with Gasteiger partial charge in [0.2, 0.25) is 0 Å². The second-order valence-corrected chi connectivity index (χ2v) is 5.51. The number of nitrogens with zero attached hydrogens (tertiary/aromatic N) is 2. The standard InChI is InChI=1S/C18H23N3O4/c1-13(19-10-7-11-24-2)17-15(12-16(22)25-3)20-21(18(17)23)14-8-5-4-6-9-14/h4-6,8-9,20H,7,10-12H2,1-3H3. The molecule has 0 amide bonds. The average Bonchev–Trinajstić information content (AvgIpc) is 2.95. The molecule has 0 aliphatic rings. The van der Waals surface area contributed by atoms with Crippen molar-refractivity contribution in [2.45, 2.75) is 19.8 Å². The molecule has 1 N–H and O–H groups in total. The molecule has 0 saturated carbocycles. The van der Waals surface area contributed by atoms with Gasteiger partial charge in [-0.15, -0.1) is 0 Å². The second-order valence-electron chi connectivity index (χ2n) is 5.51. The van der Waals surface area contributed by atoms with E-state index < -0.39 is 5.97 Å². The first-order chi connectivity index (χ1) is 12.1. The smallest absolute Gasteiger partial charge is 0.311 e. The van der Waals surface area contributed by atoms with E-state index in [0.29, 0.717) is 35.8 Å². The van der Waals surface area contributed by atoms with E-state index in [1.165, 1.54) is 11.8 Å². The number of H-pyrrole nitrogens is 1. The molecule has 0 fully saturated rings. The Balaban J connectivity index is 2.43. The van der Waals surface area contributed by atoms with Crippen molar-refractivity contribution >= 4 is 11.7 Å². The number of ether oxygens (including phenoxy) is 2. The number of rotatable bonds is 8. The highest BCUT2D eigenvalue weighted by atomic mass is 16.5. The van der Waals surface area contributed by atoms with Crippen LogP contribution in [0.2, 0.25) is 0 Å². The number of esters is 1. The van der Waals surface area contributed by atoms with Crippen LogP contribution in [0.25, 0.3) is 5.69 Å². The molecule has 1 heterocycles. The molecule has 7 nitrogen and oxygen atoms in total. The molecule has 134 valence electrons. The lowest BCUT2D eigenvalue weighted by Gasteiger charge is -2.02. The number of methoxy groups -OCH3 is 2. The predicted molar refractivity (Wildman–Crippen MR) is 95.7 cm³/mol. The third-order valence-electron chi connectivity index (χ3n) is 3.75. The van der Waals surface area contributed by atoms with Crippen LogP contribution in [-0.2, 0) is 20.7 Å². The Bertz CT molecular complexity index is 790. The summed E-state index contributed by atoms with van der Waals surface area (Å²) in [6, 6.07) is 9.18. The van der Waals surface area contributed by atoms with Gasteiger partial charge in [-0.05, 0) is 25.5 Å². The summed E-state index contributed by atoms with van der Waals surface area (Å²) >= 11 is 0. The van der Waals surface area contributed by atoms with E-state index in [1.807, 2.05) is 30.3 Å². The highest BCUT2D eigenvalue weighted by Crippen LogP contribution is 2.10. The van der Waals surface area contributed by atoms with E-state index in [-0.39, 0.29) is 12.0 Å². The van der Waals surface area contributed by atoms with Gasteiger partial charge in [0.15, 0.2) is 0 Å². The van der Waals surface area contributed by atoms with Crippen molar-refractivity contribution in [3.8, 4) is 5.69 Å². The van der Waals surface area contributed by atoms with Crippen LogP contribution in [-0.4, -0.2) is 48.8 Å². The van der Waals surface area contributed by atoms with E-state index in [9.17, 15) is 9.59 Å². The van der Waals surface area contributed by atoms with Gasteiger partial charge in [-0.25, -0.2) is 4.68 Å². The van der Waals surface area contributed by atoms with Crippen molar-refractivity contribution in [2.24, 2.45) is 4.99 Å². The van der Waals surface area contributed by atoms with E-state index >= 15 is 0 Å². The van der Waals surface area contributed by atoms with Gasteiger partial charge in [0, 0.05) is 26.0 Å². The Hall–Kier alpha value is -2.67. The van der Waals surface area contributed by atoms with E-state index in [1.54, 1.807) is 14.0 Å². The zero-order chi connectivity index (χ0) is 18.2. The van der Waals surface area contributed by atoms with Crippen LogP contribution >= 0.6 is 0 Å². The van der Waals surface area contributed by atoms with Crippen molar-refractivity contribution < 1.29 is 14.3 Å². The fourth-order valence-corrected chi connectivity index (χ4v) is 2.49. The summed E-state index contributed by atoms with van der Waals surface area (Å²) in [5.41, 5.74) is 1.95. The topological polar surface area (TPSA) is 85.7 Å². The van der Waals surface area contributed by atoms with Gasteiger partial charge in [-0.3, -0.25) is 19.7 Å². The minimum Gasteiger partial charge on any atom is -0.469 e. The maximum Gasteiger partial charge on any atom is 0.311 e. The number of aliphatic imine (C=N–C) groups is 1.